The summed E-state index contributed by atoms with van der Waals surface area (Å²) < 4.78 is 0. The molecule has 4 nitrogen and oxygen atoms in total. The quantitative estimate of drug-likeness (QED) is 0.920. The van der Waals surface area contributed by atoms with Crippen LogP contribution in [0, 0.1) is 6.92 Å². The lowest BCUT2D eigenvalue weighted by atomic mass is 10.1. The fourth-order valence-electron chi connectivity index (χ4n) is 3.56. The molecule has 21 heavy (non-hydrogen) atoms. The van der Waals surface area contributed by atoms with Crippen LogP contribution in [0.25, 0.3) is 0 Å². The standard InChI is InChI=1S/C17H28N4/c1-13(2)18-10-15-9-14(3)17(19-11-15)21-8-7-20-6-4-5-16(20)12-21/h9,11,13,16,18H,4-8,10,12H2,1-3H3. The van der Waals surface area contributed by atoms with Crippen molar-refractivity contribution in [3.05, 3.63) is 23.4 Å². The predicted molar refractivity (Wildman–Crippen MR) is 87.8 cm³/mol. The molecular formula is C17H28N4. The van der Waals surface area contributed by atoms with Crippen LogP contribution in [-0.4, -0.2) is 48.1 Å². The summed E-state index contributed by atoms with van der Waals surface area (Å²) in [5, 5.41) is 3.46. The monoisotopic (exact) mass is 288 g/mol. The molecule has 1 N–H and O–H groups in total. The van der Waals surface area contributed by atoms with Crippen LogP contribution in [0.15, 0.2) is 12.3 Å². The normalized spacial score (nSPS) is 22.9. The number of anilines is 1. The van der Waals surface area contributed by atoms with Gasteiger partial charge in [0.05, 0.1) is 0 Å². The van der Waals surface area contributed by atoms with E-state index in [9.17, 15) is 0 Å². The van der Waals surface area contributed by atoms with Crippen molar-refractivity contribution in [1.82, 2.24) is 15.2 Å². The SMILES string of the molecule is Cc1cc(CNC(C)C)cnc1N1CCN2CCCC2C1. The van der Waals surface area contributed by atoms with E-state index in [0.717, 1.165) is 25.7 Å². The van der Waals surface area contributed by atoms with E-state index in [1.807, 2.05) is 6.20 Å². The summed E-state index contributed by atoms with van der Waals surface area (Å²) in [6.45, 7) is 12.2. The molecule has 1 unspecified atom stereocenters. The highest BCUT2D eigenvalue weighted by Crippen LogP contribution is 2.26. The smallest absolute Gasteiger partial charge is 0.131 e. The first-order valence-electron chi connectivity index (χ1n) is 8.31. The molecule has 2 aliphatic heterocycles. The third-order valence-electron chi connectivity index (χ3n) is 4.71. The van der Waals surface area contributed by atoms with Crippen LogP contribution in [0.2, 0.25) is 0 Å². The minimum Gasteiger partial charge on any atom is -0.354 e. The van der Waals surface area contributed by atoms with Gasteiger partial charge in [-0.2, -0.15) is 0 Å². The summed E-state index contributed by atoms with van der Waals surface area (Å²) in [5.74, 6) is 1.19. The largest absolute Gasteiger partial charge is 0.354 e. The van der Waals surface area contributed by atoms with Crippen LogP contribution in [0.1, 0.15) is 37.8 Å². The third kappa shape index (κ3) is 3.38. The Balaban J connectivity index is 1.68. The summed E-state index contributed by atoms with van der Waals surface area (Å²) >= 11 is 0. The lowest BCUT2D eigenvalue weighted by molar-refractivity contribution is 0.230. The number of hydrogen-bond donors (Lipinski definition) is 1. The van der Waals surface area contributed by atoms with Crippen molar-refractivity contribution in [3.8, 4) is 0 Å². The molecule has 1 aromatic heterocycles. The third-order valence-corrected chi connectivity index (χ3v) is 4.71. The molecule has 0 aliphatic carbocycles. The molecule has 0 amide bonds. The summed E-state index contributed by atoms with van der Waals surface area (Å²) in [6, 6.07) is 3.56. The van der Waals surface area contributed by atoms with E-state index in [-0.39, 0.29) is 0 Å². The van der Waals surface area contributed by atoms with Gasteiger partial charge in [0.2, 0.25) is 0 Å². The van der Waals surface area contributed by atoms with Gasteiger partial charge >= 0.3 is 0 Å². The van der Waals surface area contributed by atoms with Crippen LogP contribution in [0.5, 0.6) is 0 Å². The Hall–Kier alpha value is -1.13. The molecular weight excluding hydrogens is 260 g/mol. The number of aryl methyl sites for hydroxylation is 1. The molecule has 0 bridgehead atoms. The maximum Gasteiger partial charge on any atom is 0.131 e. The Morgan fingerprint density at radius 2 is 2.19 bits per heavy atom. The number of piperazine rings is 1. The Kier molecular flexibility index (Phi) is 4.45. The second-order valence-electron chi connectivity index (χ2n) is 6.80. The molecule has 3 rings (SSSR count). The van der Waals surface area contributed by atoms with Crippen LogP contribution in [0.3, 0.4) is 0 Å². The molecule has 0 spiro atoms. The van der Waals surface area contributed by atoms with Crippen LogP contribution < -0.4 is 10.2 Å². The number of fused-ring (bicyclic) bond motifs is 1. The van der Waals surface area contributed by atoms with Crippen molar-refractivity contribution in [2.45, 2.75) is 52.2 Å². The van der Waals surface area contributed by atoms with Gasteiger partial charge in [0.15, 0.2) is 0 Å². The minimum atomic E-state index is 0.514. The topological polar surface area (TPSA) is 31.4 Å². The van der Waals surface area contributed by atoms with Gasteiger partial charge < -0.3 is 10.2 Å². The van der Waals surface area contributed by atoms with E-state index < -0.39 is 0 Å². The molecule has 0 radical (unpaired) electrons. The molecule has 2 fully saturated rings. The zero-order valence-electron chi connectivity index (χ0n) is 13.6. The maximum absolute atomic E-state index is 4.76. The van der Waals surface area contributed by atoms with Gasteiger partial charge in [-0.15, -0.1) is 0 Å². The molecule has 3 heterocycles. The molecule has 0 saturated carbocycles. The van der Waals surface area contributed by atoms with Gasteiger partial charge in [-0.05, 0) is 43.5 Å². The summed E-state index contributed by atoms with van der Waals surface area (Å²) in [4.78, 5) is 9.89. The van der Waals surface area contributed by atoms with Crippen molar-refractivity contribution in [3.63, 3.8) is 0 Å². The first-order chi connectivity index (χ1) is 10.1. The summed E-state index contributed by atoms with van der Waals surface area (Å²) in [5.41, 5.74) is 2.59. The van der Waals surface area contributed by atoms with E-state index >= 15 is 0 Å². The summed E-state index contributed by atoms with van der Waals surface area (Å²) in [7, 11) is 0. The molecule has 1 atom stereocenters. The number of hydrogen-bond acceptors (Lipinski definition) is 4. The Bertz CT molecular complexity index is 486. The average molecular weight is 288 g/mol. The van der Waals surface area contributed by atoms with Crippen LogP contribution in [0.4, 0.5) is 5.82 Å². The first kappa shape index (κ1) is 14.8. The zero-order chi connectivity index (χ0) is 14.8. The van der Waals surface area contributed by atoms with Gasteiger partial charge in [-0.1, -0.05) is 13.8 Å². The maximum atomic E-state index is 4.76. The predicted octanol–water partition coefficient (Wildman–Crippen LogP) is 2.17. The van der Waals surface area contributed by atoms with Crippen molar-refractivity contribution in [2.75, 3.05) is 31.1 Å². The fourth-order valence-corrected chi connectivity index (χ4v) is 3.56. The second kappa shape index (κ2) is 6.32. The van der Waals surface area contributed by atoms with Gasteiger partial charge in [-0.25, -0.2) is 4.98 Å². The minimum absolute atomic E-state index is 0.514. The van der Waals surface area contributed by atoms with Crippen LogP contribution in [-0.2, 0) is 6.54 Å². The average Bonchev–Trinajstić information content (AvgIpc) is 2.92. The second-order valence-corrected chi connectivity index (χ2v) is 6.80. The number of rotatable bonds is 4. The van der Waals surface area contributed by atoms with Gasteiger partial charge in [0.1, 0.15) is 5.82 Å². The highest BCUT2D eigenvalue weighted by atomic mass is 15.3. The Morgan fingerprint density at radius 3 is 2.95 bits per heavy atom. The van der Waals surface area contributed by atoms with E-state index in [1.165, 1.54) is 42.9 Å². The molecule has 1 aromatic rings. The van der Waals surface area contributed by atoms with Crippen molar-refractivity contribution in [1.29, 1.82) is 0 Å². The Morgan fingerprint density at radius 1 is 1.33 bits per heavy atom. The lowest BCUT2D eigenvalue weighted by Gasteiger charge is -2.38. The molecule has 4 heteroatoms. The van der Waals surface area contributed by atoms with Gasteiger partial charge in [0.25, 0.3) is 0 Å². The number of nitrogens with zero attached hydrogens (tertiary/aromatic N) is 3. The van der Waals surface area contributed by atoms with Crippen molar-refractivity contribution in [2.24, 2.45) is 0 Å². The molecule has 116 valence electrons. The lowest BCUT2D eigenvalue weighted by Crippen LogP contribution is -2.50. The van der Waals surface area contributed by atoms with E-state index in [0.29, 0.717) is 6.04 Å². The van der Waals surface area contributed by atoms with Crippen molar-refractivity contribution < 1.29 is 0 Å². The van der Waals surface area contributed by atoms with Gasteiger partial charge in [-0.3, -0.25) is 4.90 Å². The number of aromatic nitrogens is 1. The van der Waals surface area contributed by atoms with E-state index in [2.05, 4.69) is 42.0 Å². The fraction of sp³-hybridized carbons (Fsp3) is 0.706. The molecule has 0 aromatic carbocycles. The van der Waals surface area contributed by atoms with Crippen molar-refractivity contribution >= 4 is 5.82 Å². The van der Waals surface area contributed by atoms with E-state index in [4.69, 9.17) is 4.98 Å². The highest BCUT2D eigenvalue weighted by molar-refractivity contribution is 5.48. The molecule has 2 saturated heterocycles. The number of pyridine rings is 1. The summed E-state index contributed by atoms with van der Waals surface area (Å²) in [6.07, 6.45) is 4.76. The highest BCUT2D eigenvalue weighted by Gasteiger charge is 2.31. The van der Waals surface area contributed by atoms with Gasteiger partial charge in [0, 0.05) is 44.5 Å². The van der Waals surface area contributed by atoms with Crippen LogP contribution >= 0.6 is 0 Å². The first-order valence-corrected chi connectivity index (χ1v) is 8.31. The number of nitrogens with one attached hydrogen (secondary N) is 1. The zero-order valence-corrected chi connectivity index (χ0v) is 13.6. The van der Waals surface area contributed by atoms with E-state index in [1.54, 1.807) is 0 Å². The Labute approximate surface area is 128 Å². The molecule has 2 aliphatic rings.